The van der Waals surface area contributed by atoms with Gasteiger partial charge in [0.1, 0.15) is 0 Å². The molecule has 4 nitrogen and oxygen atoms in total. The van der Waals surface area contributed by atoms with Gasteiger partial charge in [0.25, 0.3) is 0 Å². The molecule has 4 heteroatoms. The maximum absolute atomic E-state index is 4.17. The van der Waals surface area contributed by atoms with Crippen molar-refractivity contribution in [2.24, 2.45) is 13.0 Å². The fourth-order valence-corrected chi connectivity index (χ4v) is 1.72. The SMILES string of the molecule is CCCC(CC)CCc1nnn(C)n1. The first-order chi connectivity index (χ1) is 6.76. The second-order valence-electron chi connectivity index (χ2n) is 3.80. The summed E-state index contributed by atoms with van der Waals surface area (Å²) < 4.78 is 0. The Bertz CT molecular complexity index is 256. The molecule has 0 aliphatic heterocycles. The van der Waals surface area contributed by atoms with Crippen LogP contribution in [0.2, 0.25) is 0 Å². The Balaban J connectivity index is 2.31. The average molecular weight is 196 g/mol. The molecule has 0 saturated carbocycles. The van der Waals surface area contributed by atoms with Crippen molar-refractivity contribution >= 4 is 0 Å². The van der Waals surface area contributed by atoms with Crippen LogP contribution in [0.25, 0.3) is 0 Å². The van der Waals surface area contributed by atoms with Crippen LogP contribution in [-0.4, -0.2) is 20.2 Å². The van der Waals surface area contributed by atoms with Crippen LogP contribution in [0.3, 0.4) is 0 Å². The Morgan fingerprint density at radius 3 is 2.57 bits per heavy atom. The molecule has 1 heterocycles. The number of nitrogens with zero attached hydrogens (tertiary/aromatic N) is 4. The zero-order valence-corrected chi connectivity index (χ0v) is 9.40. The van der Waals surface area contributed by atoms with Crippen LogP contribution in [0.1, 0.15) is 45.4 Å². The fraction of sp³-hybridized carbons (Fsp3) is 0.900. The van der Waals surface area contributed by atoms with Crippen molar-refractivity contribution in [3.63, 3.8) is 0 Å². The molecule has 0 N–H and O–H groups in total. The number of hydrogen-bond acceptors (Lipinski definition) is 3. The summed E-state index contributed by atoms with van der Waals surface area (Å²) in [6.07, 6.45) is 6.00. The molecule has 0 spiro atoms. The van der Waals surface area contributed by atoms with Crippen LogP contribution in [0, 0.1) is 5.92 Å². The Kier molecular flexibility index (Phi) is 4.56. The monoisotopic (exact) mass is 196 g/mol. The predicted octanol–water partition coefficient (Wildman–Crippen LogP) is 1.97. The Labute approximate surface area is 85.7 Å². The van der Waals surface area contributed by atoms with Crippen molar-refractivity contribution < 1.29 is 0 Å². The highest BCUT2D eigenvalue weighted by Gasteiger charge is 2.07. The molecule has 1 unspecified atom stereocenters. The van der Waals surface area contributed by atoms with E-state index < -0.39 is 0 Å². The van der Waals surface area contributed by atoms with Crippen LogP contribution >= 0.6 is 0 Å². The number of aromatic nitrogens is 4. The van der Waals surface area contributed by atoms with Gasteiger partial charge in [0.15, 0.2) is 5.82 Å². The Morgan fingerprint density at radius 1 is 1.29 bits per heavy atom. The van der Waals surface area contributed by atoms with Gasteiger partial charge in [-0.1, -0.05) is 33.1 Å². The third kappa shape index (κ3) is 3.44. The van der Waals surface area contributed by atoms with Crippen LogP contribution in [0.4, 0.5) is 0 Å². The lowest BCUT2D eigenvalue weighted by atomic mass is 9.95. The lowest BCUT2D eigenvalue weighted by Gasteiger charge is -2.11. The number of hydrogen-bond donors (Lipinski definition) is 0. The molecule has 0 radical (unpaired) electrons. The zero-order chi connectivity index (χ0) is 10.4. The van der Waals surface area contributed by atoms with Crippen molar-refractivity contribution in [1.82, 2.24) is 20.2 Å². The van der Waals surface area contributed by atoms with Crippen LogP contribution in [-0.2, 0) is 13.5 Å². The first kappa shape index (κ1) is 11.1. The van der Waals surface area contributed by atoms with Gasteiger partial charge >= 0.3 is 0 Å². The van der Waals surface area contributed by atoms with E-state index in [0.717, 1.165) is 18.2 Å². The van der Waals surface area contributed by atoms with Crippen molar-refractivity contribution in [1.29, 1.82) is 0 Å². The van der Waals surface area contributed by atoms with Gasteiger partial charge in [-0.05, 0) is 17.6 Å². The summed E-state index contributed by atoms with van der Waals surface area (Å²) in [7, 11) is 1.81. The highest BCUT2D eigenvalue weighted by atomic mass is 15.6. The van der Waals surface area contributed by atoms with E-state index in [-0.39, 0.29) is 0 Å². The number of aryl methyl sites for hydroxylation is 2. The molecule has 1 aromatic heterocycles. The predicted molar refractivity (Wildman–Crippen MR) is 55.8 cm³/mol. The molecule has 1 aromatic rings. The second kappa shape index (κ2) is 5.73. The Morgan fingerprint density at radius 2 is 2.07 bits per heavy atom. The number of rotatable bonds is 6. The van der Waals surface area contributed by atoms with Crippen LogP contribution in [0.5, 0.6) is 0 Å². The fourth-order valence-electron chi connectivity index (χ4n) is 1.72. The van der Waals surface area contributed by atoms with E-state index in [2.05, 4.69) is 29.3 Å². The Hall–Kier alpha value is -0.930. The van der Waals surface area contributed by atoms with Gasteiger partial charge in [-0.15, -0.1) is 10.2 Å². The molecular weight excluding hydrogens is 176 g/mol. The summed E-state index contributed by atoms with van der Waals surface area (Å²) in [5.74, 6) is 1.70. The van der Waals surface area contributed by atoms with Crippen LogP contribution in [0.15, 0.2) is 0 Å². The second-order valence-corrected chi connectivity index (χ2v) is 3.80. The molecule has 0 fully saturated rings. The molecule has 14 heavy (non-hydrogen) atoms. The highest BCUT2D eigenvalue weighted by Crippen LogP contribution is 2.16. The standard InChI is InChI=1S/C10H20N4/c1-4-6-9(5-2)7-8-10-11-13-14(3)12-10/h9H,4-8H2,1-3H3. The highest BCUT2D eigenvalue weighted by molar-refractivity contribution is 4.77. The van der Waals surface area contributed by atoms with E-state index in [1.165, 1.54) is 30.5 Å². The maximum atomic E-state index is 4.17. The summed E-state index contributed by atoms with van der Waals surface area (Å²) in [6.45, 7) is 4.49. The summed E-state index contributed by atoms with van der Waals surface area (Å²) in [6, 6.07) is 0. The summed E-state index contributed by atoms with van der Waals surface area (Å²) >= 11 is 0. The molecule has 0 amide bonds. The van der Waals surface area contributed by atoms with Crippen molar-refractivity contribution in [2.45, 2.75) is 46.0 Å². The molecule has 1 rings (SSSR count). The minimum Gasteiger partial charge on any atom is -0.167 e. The van der Waals surface area contributed by atoms with Crippen molar-refractivity contribution in [2.75, 3.05) is 0 Å². The summed E-state index contributed by atoms with van der Waals surface area (Å²) in [5, 5.41) is 12.0. The zero-order valence-electron chi connectivity index (χ0n) is 9.40. The topological polar surface area (TPSA) is 43.6 Å². The molecule has 0 bridgehead atoms. The lowest BCUT2D eigenvalue weighted by molar-refractivity contribution is 0.428. The van der Waals surface area contributed by atoms with Gasteiger partial charge in [-0.3, -0.25) is 0 Å². The minimum absolute atomic E-state index is 0.823. The maximum Gasteiger partial charge on any atom is 0.174 e. The first-order valence-electron chi connectivity index (χ1n) is 5.49. The minimum atomic E-state index is 0.823. The molecule has 80 valence electrons. The van der Waals surface area contributed by atoms with Gasteiger partial charge in [0.05, 0.1) is 7.05 Å². The molecule has 0 saturated heterocycles. The van der Waals surface area contributed by atoms with Gasteiger partial charge in [0.2, 0.25) is 0 Å². The van der Waals surface area contributed by atoms with E-state index >= 15 is 0 Å². The quantitative estimate of drug-likeness (QED) is 0.698. The van der Waals surface area contributed by atoms with Crippen molar-refractivity contribution in [3.8, 4) is 0 Å². The first-order valence-corrected chi connectivity index (χ1v) is 5.49. The van der Waals surface area contributed by atoms with Gasteiger partial charge < -0.3 is 0 Å². The van der Waals surface area contributed by atoms with E-state index in [4.69, 9.17) is 0 Å². The molecular formula is C10H20N4. The normalized spacial score (nSPS) is 13.1. The number of tetrazole rings is 1. The van der Waals surface area contributed by atoms with E-state index in [0.29, 0.717) is 0 Å². The average Bonchev–Trinajstić information content (AvgIpc) is 2.59. The molecule has 0 aliphatic rings. The van der Waals surface area contributed by atoms with E-state index in [1.54, 1.807) is 7.05 Å². The van der Waals surface area contributed by atoms with Gasteiger partial charge in [-0.2, -0.15) is 4.80 Å². The third-order valence-electron chi connectivity index (χ3n) is 2.60. The van der Waals surface area contributed by atoms with Crippen LogP contribution < -0.4 is 0 Å². The van der Waals surface area contributed by atoms with Crippen molar-refractivity contribution in [3.05, 3.63) is 5.82 Å². The summed E-state index contributed by atoms with van der Waals surface area (Å²) in [4.78, 5) is 1.52. The van der Waals surface area contributed by atoms with E-state index in [1.807, 2.05) is 0 Å². The summed E-state index contributed by atoms with van der Waals surface area (Å²) in [5.41, 5.74) is 0. The van der Waals surface area contributed by atoms with Gasteiger partial charge in [-0.25, -0.2) is 0 Å². The molecule has 0 aromatic carbocycles. The van der Waals surface area contributed by atoms with E-state index in [9.17, 15) is 0 Å². The smallest absolute Gasteiger partial charge is 0.167 e. The molecule has 1 atom stereocenters. The molecule has 0 aliphatic carbocycles. The third-order valence-corrected chi connectivity index (χ3v) is 2.60. The lowest BCUT2D eigenvalue weighted by Crippen LogP contribution is -2.02. The largest absolute Gasteiger partial charge is 0.174 e. The van der Waals surface area contributed by atoms with Gasteiger partial charge in [0, 0.05) is 6.42 Å².